The summed E-state index contributed by atoms with van der Waals surface area (Å²) < 4.78 is 40.1. The summed E-state index contributed by atoms with van der Waals surface area (Å²) in [5, 5.41) is 8.69. The molecule has 1 heterocycles. The van der Waals surface area contributed by atoms with Gasteiger partial charge < -0.3 is 0 Å². The fraction of sp³-hybridized carbons (Fsp3) is 0.400. The molecule has 1 N–H and O–H groups in total. The zero-order valence-electron chi connectivity index (χ0n) is 20.5. The maximum atomic E-state index is 14.3. The second kappa shape index (κ2) is 11.7. The average molecular weight is 549 g/mol. The van der Waals surface area contributed by atoms with Crippen LogP contribution in [-0.2, 0) is 16.1 Å². The summed E-state index contributed by atoms with van der Waals surface area (Å²) in [6, 6.07) is 5.31. The summed E-state index contributed by atoms with van der Waals surface area (Å²) in [5.74, 6) is -2.61. The van der Waals surface area contributed by atoms with Crippen LogP contribution in [0.1, 0.15) is 30.6 Å². The monoisotopic (exact) mass is 549 g/mol. The van der Waals surface area contributed by atoms with Crippen molar-refractivity contribution >= 4 is 37.4 Å². The topological polar surface area (TPSA) is 82.5 Å². The van der Waals surface area contributed by atoms with E-state index in [-0.39, 0.29) is 17.1 Å². The molecule has 3 aromatic rings. The normalized spacial score (nSPS) is 12.3. The Morgan fingerprint density at radius 3 is 2.51 bits per heavy atom. The molecule has 0 aliphatic rings. The number of amides is 1. The Morgan fingerprint density at radius 1 is 1.14 bits per heavy atom. The Labute approximate surface area is 208 Å². The molecule has 0 saturated carbocycles. The number of hydrogen-bond donors (Lipinski definition) is 1. The van der Waals surface area contributed by atoms with Crippen molar-refractivity contribution in [1.82, 2.24) is 15.1 Å². The summed E-state index contributed by atoms with van der Waals surface area (Å²) in [4.78, 5) is 25.7. The zero-order chi connectivity index (χ0) is 25.7. The average Bonchev–Trinajstić information content (AvgIpc) is 3.17. The summed E-state index contributed by atoms with van der Waals surface area (Å²) in [7, 11) is 1.28. The number of aromatic nitrogens is 2. The van der Waals surface area contributed by atoms with Crippen LogP contribution in [0.25, 0.3) is 10.9 Å². The SMILES string of the molecule is COC(=O)[C@H](CC[As](C)C)NC(=O)c1cc2c(cnn2CC(C)C)cc1Oc1ccc(F)cc1F. The van der Waals surface area contributed by atoms with Gasteiger partial charge in [-0.15, -0.1) is 0 Å². The molecule has 0 fully saturated rings. The first kappa shape index (κ1) is 26.7. The van der Waals surface area contributed by atoms with Gasteiger partial charge in [-0.25, -0.2) is 4.39 Å². The van der Waals surface area contributed by atoms with E-state index in [0.717, 1.165) is 17.3 Å². The van der Waals surface area contributed by atoms with Crippen LogP contribution in [0.3, 0.4) is 0 Å². The number of fused-ring (bicyclic) bond motifs is 1. The Bertz CT molecular complexity index is 1210. The van der Waals surface area contributed by atoms with Crippen molar-refractivity contribution in [2.75, 3.05) is 7.11 Å². The Hall–Kier alpha value is -2.93. The standard InChI is InChI=1S/C25H30AsF2N3O4/c1-15(2)14-31-21-12-18(24(32)30-20(25(33)34-5)8-9-26(3)4)23(10-16(21)13-29-31)35-22-7-6-17(27)11-19(22)28/h6-7,10-13,15,20H,8-9,14H2,1-5H3,(H,30,32)/t20-/m0/s1. The Kier molecular flexibility index (Phi) is 8.89. The number of halogens is 2. The number of hydrogen-bond acceptors (Lipinski definition) is 5. The molecular weight excluding hydrogens is 519 g/mol. The summed E-state index contributed by atoms with van der Waals surface area (Å²) in [5.41, 5.74) is 5.12. The van der Waals surface area contributed by atoms with Gasteiger partial charge in [0.2, 0.25) is 0 Å². The van der Waals surface area contributed by atoms with E-state index in [2.05, 4.69) is 35.7 Å². The third kappa shape index (κ3) is 6.81. The van der Waals surface area contributed by atoms with Crippen molar-refractivity contribution in [3.8, 4) is 11.5 Å². The summed E-state index contributed by atoms with van der Waals surface area (Å²) in [6.45, 7) is 4.73. The molecule has 7 nitrogen and oxygen atoms in total. The minimum absolute atomic E-state index is 0.0620. The van der Waals surface area contributed by atoms with Crippen LogP contribution in [0, 0.1) is 17.6 Å². The fourth-order valence-electron chi connectivity index (χ4n) is 3.55. The van der Waals surface area contributed by atoms with E-state index in [1.807, 2.05) is 0 Å². The van der Waals surface area contributed by atoms with Gasteiger partial charge >= 0.3 is 204 Å². The fourth-order valence-corrected chi connectivity index (χ4v) is 5.17. The molecule has 1 atom stereocenters. The first-order chi connectivity index (χ1) is 16.6. The first-order valence-corrected chi connectivity index (χ1v) is 16.3. The van der Waals surface area contributed by atoms with E-state index < -0.39 is 44.2 Å². The quantitative estimate of drug-likeness (QED) is 0.279. The maximum absolute atomic E-state index is 14.3. The molecule has 0 bridgehead atoms. The molecule has 0 unspecified atom stereocenters. The van der Waals surface area contributed by atoms with Gasteiger partial charge in [-0.2, -0.15) is 0 Å². The van der Waals surface area contributed by atoms with Crippen LogP contribution in [0.4, 0.5) is 8.78 Å². The van der Waals surface area contributed by atoms with Crippen LogP contribution in [0.15, 0.2) is 36.5 Å². The number of carbonyl (C=O) groups excluding carboxylic acids is 2. The predicted octanol–water partition coefficient (Wildman–Crippen LogP) is 5.18. The zero-order valence-corrected chi connectivity index (χ0v) is 22.3. The van der Waals surface area contributed by atoms with Gasteiger partial charge in [-0.1, -0.05) is 0 Å². The molecule has 10 heteroatoms. The molecule has 0 spiro atoms. The molecule has 0 radical (unpaired) electrons. The molecule has 0 saturated heterocycles. The van der Waals surface area contributed by atoms with E-state index in [1.165, 1.54) is 7.11 Å². The number of methoxy groups -OCH3 is 1. The van der Waals surface area contributed by atoms with Crippen molar-refractivity contribution in [2.24, 2.45) is 5.92 Å². The minimum atomic E-state index is -1.04. The third-order valence-electron chi connectivity index (χ3n) is 5.30. The van der Waals surface area contributed by atoms with Gasteiger partial charge in [0.25, 0.3) is 0 Å². The van der Waals surface area contributed by atoms with Crippen LogP contribution >= 0.6 is 0 Å². The number of ether oxygens (including phenoxy) is 2. The van der Waals surface area contributed by atoms with Crippen LogP contribution in [0.5, 0.6) is 11.5 Å². The predicted molar refractivity (Wildman–Crippen MR) is 131 cm³/mol. The van der Waals surface area contributed by atoms with E-state index >= 15 is 0 Å². The molecule has 1 amide bonds. The third-order valence-corrected chi connectivity index (χ3v) is 7.71. The van der Waals surface area contributed by atoms with Crippen molar-refractivity contribution in [3.63, 3.8) is 0 Å². The van der Waals surface area contributed by atoms with Crippen LogP contribution in [-0.4, -0.2) is 49.5 Å². The Morgan fingerprint density at radius 2 is 1.89 bits per heavy atom. The summed E-state index contributed by atoms with van der Waals surface area (Å²) in [6.07, 6.45) is 2.10. The molecule has 0 aliphatic heterocycles. The number of carbonyl (C=O) groups is 2. The van der Waals surface area contributed by atoms with E-state index in [9.17, 15) is 18.4 Å². The second-order valence-corrected chi connectivity index (χ2v) is 14.4. The molecule has 188 valence electrons. The molecular formula is C25H30AsF2N3O4. The van der Waals surface area contributed by atoms with Gasteiger partial charge in [-0.05, 0) is 0 Å². The molecule has 35 heavy (non-hydrogen) atoms. The summed E-state index contributed by atoms with van der Waals surface area (Å²) >= 11 is -1.04. The number of nitrogens with zero attached hydrogens (tertiary/aromatic N) is 2. The second-order valence-electron chi connectivity index (χ2n) is 8.95. The van der Waals surface area contributed by atoms with Gasteiger partial charge in [0.15, 0.2) is 0 Å². The number of benzene rings is 2. The van der Waals surface area contributed by atoms with Crippen LogP contribution < -0.4 is 10.1 Å². The van der Waals surface area contributed by atoms with Gasteiger partial charge in [0.1, 0.15) is 0 Å². The van der Waals surface area contributed by atoms with E-state index in [4.69, 9.17) is 9.47 Å². The molecule has 0 aliphatic carbocycles. The number of esters is 1. The number of nitrogens with one attached hydrogen (secondary N) is 1. The molecule has 1 aromatic heterocycles. The van der Waals surface area contributed by atoms with Gasteiger partial charge in [0, 0.05) is 0 Å². The Balaban J connectivity index is 2.03. The number of rotatable bonds is 10. The van der Waals surface area contributed by atoms with E-state index in [1.54, 1.807) is 23.0 Å². The first-order valence-electron chi connectivity index (χ1n) is 11.2. The van der Waals surface area contributed by atoms with Crippen molar-refractivity contribution in [3.05, 3.63) is 53.7 Å². The van der Waals surface area contributed by atoms with Gasteiger partial charge in [0.05, 0.1) is 0 Å². The molecule has 2 aromatic carbocycles. The van der Waals surface area contributed by atoms with Crippen molar-refractivity contribution in [1.29, 1.82) is 0 Å². The van der Waals surface area contributed by atoms with Crippen molar-refractivity contribution < 1.29 is 27.8 Å². The van der Waals surface area contributed by atoms with Crippen molar-refractivity contribution in [2.45, 2.75) is 49.5 Å². The van der Waals surface area contributed by atoms with Crippen LogP contribution in [0.2, 0.25) is 16.6 Å². The van der Waals surface area contributed by atoms with Gasteiger partial charge in [-0.3, -0.25) is 0 Å². The van der Waals surface area contributed by atoms with E-state index in [0.29, 0.717) is 35.9 Å². The molecule has 3 rings (SSSR count).